The molecule has 0 saturated heterocycles. The van der Waals surface area contributed by atoms with Crippen LogP contribution in [-0.4, -0.2) is 24.0 Å². The SMILES string of the molecule is CCCNC(=O)c1ccc(NCCc2cccc(Cl)c2)nc1. The highest BCUT2D eigenvalue weighted by Crippen LogP contribution is 2.11. The summed E-state index contributed by atoms with van der Waals surface area (Å²) in [5.74, 6) is 0.675. The van der Waals surface area contributed by atoms with Crippen LogP contribution in [0.5, 0.6) is 0 Å². The van der Waals surface area contributed by atoms with Gasteiger partial charge < -0.3 is 10.6 Å². The summed E-state index contributed by atoms with van der Waals surface area (Å²) in [6.07, 6.45) is 3.37. The Morgan fingerprint density at radius 2 is 2.09 bits per heavy atom. The first-order valence-corrected chi connectivity index (χ1v) is 7.79. The van der Waals surface area contributed by atoms with Crippen LogP contribution in [0.4, 0.5) is 5.82 Å². The molecule has 0 unspecified atom stereocenters. The van der Waals surface area contributed by atoms with Gasteiger partial charge in [-0.2, -0.15) is 0 Å². The first-order chi connectivity index (χ1) is 10.7. The Balaban J connectivity index is 1.82. The lowest BCUT2D eigenvalue weighted by molar-refractivity contribution is 0.0953. The highest BCUT2D eigenvalue weighted by atomic mass is 35.5. The van der Waals surface area contributed by atoms with Crippen molar-refractivity contribution >= 4 is 23.3 Å². The molecule has 4 nitrogen and oxygen atoms in total. The van der Waals surface area contributed by atoms with Crippen LogP contribution < -0.4 is 10.6 Å². The predicted octanol–water partition coefficient (Wildman–Crippen LogP) is 3.53. The summed E-state index contributed by atoms with van der Waals surface area (Å²) >= 11 is 5.95. The van der Waals surface area contributed by atoms with E-state index >= 15 is 0 Å². The normalized spacial score (nSPS) is 10.3. The lowest BCUT2D eigenvalue weighted by Crippen LogP contribution is -2.24. The molecule has 1 aromatic carbocycles. The average molecular weight is 318 g/mol. The van der Waals surface area contributed by atoms with Crippen molar-refractivity contribution in [2.24, 2.45) is 0 Å². The van der Waals surface area contributed by atoms with E-state index in [2.05, 4.69) is 15.6 Å². The van der Waals surface area contributed by atoms with E-state index in [4.69, 9.17) is 11.6 Å². The van der Waals surface area contributed by atoms with Gasteiger partial charge in [0.25, 0.3) is 5.91 Å². The van der Waals surface area contributed by atoms with Gasteiger partial charge in [0, 0.05) is 24.3 Å². The van der Waals surface area contributed by atoms with Crippen molar-refractivity contribution in [1.82, 2.24) is 10.3 Å². The van der Waals surface area contributed by atoms with Crippen LogP contribution in [0.2, 0.25) is 5.02 Å². The van der Waals surface area contributed by atoms with E-state index in [1.54, 1.807) is 12.3 Å². The minimum Gasteiger partial charge on any atom is -0.370 e. The molecule has 2 N–H and O–H groups in total. The number of amides is 1. The second-order valence-electron chi connectivity index (χ2n) is 4.99. The number of hydrogen-bond donors (Lipinski definition) is 2. The highest BCUT2D eigenvalue weighted by molar-refractivity contribution is 6.30. The minimum atomic E-state index is -0.0835. The number of aromatic nitrogens is 1. The molecular weight excluding hydrogens is 298 g/mol. The van der Waals surface area contributed by atoms with E-state index in [0.29, 0.717) is 12.1 Å². The van der Waals surface area contributed by atoms with Crippen molar-refractivity contribution in [3.8, 4) is 0 Å². The third-order valence-electron chi connectivity index (χ3n) is 3.17. The van der Waals surface area contributed by atoms with Gasteiger partial charge in [0.05, 0.1) is 5.56 Å². The Bertz CT molecular complexity index is 614. The molecule has 2 rings (SSSR count). The zero-order valence-corrected chi connectivity index (χ0v) is 13.4. The molecule has 0 aliphatic heterocycles. The smallest absolute Gasteiger partial charge is 0.252 e. The fourth-order valence-corrected chi connectivity index (χ4v) is 2.21. The number of benzene rings is 1. The molecule has 0 fully saturated rings. The molecule has 1 amide bonds. The number of carbonyl (C=O) groups is 1. The third kappa shape index (κ3) is 5.04. The number of nitrogens with one attached hydrogen (secondary N) is 2. The van der Waals surface area contributed by atoms with Crippen LogP contribution in [0.1, 0.15) is 29.3 Å². The van der Waals surface area contributed by atoms with Crippen molar-refractivity contribution in [3.05, 3.63) is 58.7 Å². The molecule has 0 aliphatic rings. The summed E-state index contributed by atoms with van der Waals surface area (Å²) < 4.78 is 0. The summed E-state index contributed by atoms with van der Waals surface area (Å²) in [6.45, 7) is 3.46. The third-order valence-corrected chi connectivity index (χ3v) is 3.41. The molecule has 0 spiro atoms. The fraction of sp³-hybridized carbons (Fsp3) is 0.294. The van der Waals surface area contributed by atoms with Crippen LogP contribution in [0.15, 0.2) is 42.6 Å². The van der Waals surface area contributed by atoms with Crippen LogP contribution in [-0.2, 0) is 6.42 Å². The quantitative estimate of drug-likeness (QED) is 0.821. The molecule has 2 aromatic rings. The first-order valence-electron chi connectivity index (χ1n) is 7.41. The van der Waals surface area contributed by atoms with Crippen LogP contribution in [0, 0.1) is 0 Å². The van der Waals surface area contributed by atoms with Crippen LogP contribution in [0.25, 0.3) is 0 Å². The molecule has 0 saturated carbocycles. The summed E-state index contributed by atoms with van der Waals surface area (Å²) in [6, 6.07) is 11.4. The van der Waals surface area contributed by atoms with E-state index in [9.17, 15) is 4.79 Å². The van der Waals surface area contributed by atoms with Crippen molar-refractivity contribution in [2.45, 2.75) is 19.8 Å². The summed E-state index contributed by atoms with van der Waals surface area (Å²) in [5, 5.41) is 6.81. The maximum absolute atomic E-state index is 11.8. The summed E-state index contributed by atoms with van der Waals surface area (Å²) in [4.78, 5) is 16.0. The Labute approximate surface area is 135 Å². The van der Waals surface area contributed by atoms with Crippen molar-refractivity contribution in [3.63, 3.8) is 0 Å². The summed E-state index contributed by atoms with van der Waals surface area (Å²) in [7, 11) is 0. The number of hydrogen-bond acceptors (Lipinski definition) is 3. The van der Waals surface area contributed by atoms with Gasteiger partial charge >= 0.3 is 0 Å². The molecule has 5 heteroatoms. The van der Waals surface area contributed by atoms with E-state index in [1.165, 1.54) is 5.56 Å². The Kier molecular flexibility index (Phi) is 6.22. The minimum absolute atomic E-state index is 0.0835. The fourth-order valence-electron chi connectivity index (χ4n) is 2.00. The van der Waals surface area contributed by atoms with Crippen LogP contribution in [0.3, 0.4) is 0 Å². The number of nitrogens with zero attached hydrogens (tertiary/aromatic N) is 1. The topological polar surface area (TPSA) is 54.0 Å². The molecular formula is C17H20ClN3O. The predicted molar refractivity (Wildman–Crippen MR) is 90.5 cm³/mol. The number of halogens is 1. The van der Waals surface area contributed by atoms with Crippen LogP contribution >= 0.6 is 11.6 Å². The average Bonchev–Trinajstić information content (AvgIpc) is 2.53. The molecule has 116 valence electrons. The molecule has 0 radical (unpaired) electrons. The highest BCUT2D eigenvalue weighted by Gasteiger charge is 2.04. The van der Waals surface area contributed by atoms with Gasteiger partial charge in [0.2, 0.25) is 0 Å². The standard InChI is InChI=1S/C17H20ClN3O/c1-2-9-20-17(22)14-6-7-16(21-12-14)19-10-8-13-4-3-5-15(18)11-13/h3-7,11-12H,2,8-10H2,1H3,(H,19,21)(H,20,22). The second kappa shape index (κ2) is 8.39. The van der Waals surface area contributed by atoms with Gasteiger partial charge in [-0.15, -0.1) is 0 Å². The van der Waals surface area contributed by atoms with Gasteiger partial charge in [-0.1, -0.05) is 30.7 Å². The number of carbonyl (C=O) groups excluding carboxylic acids is 1. The molecule has 0 atom stereocenters. The van der Waals surface area contributed by atoms with Crippen molar-refractivity contribution < 1.29 is 4.79 Å². The van der Waals surface area contributed by atoms with Gasteiger partial charge in [-0.3, -0.25) is 4.79 Å². The summed E-state index contributed by atoms with van der Waals surface area (Å²) in [5.41, 5.74) is 1.75. The van der Waals surface area contributed by atoms with E-state index in [1.807, 2.05) is 37.3 Å². The van der Waals surface area contributed by atoms with E-state index < -0.39 is 0 Å². The van der Waals surface area contributed by atoms with E-state index in [-0.39, 0.29) is 5.91 Å². The molecule has 1 heterocycles. The Hall–Kier alpha value is -2.07. The van der Waals surface area contributed by atoms with Gasteiger partial charge in [-0.25, -0.2) is 4.98 Å². The van der Waals surface area contributed by atoms with Gasteiger partial charge in [-0.05, 0) is 42.7 Å². The Morgan fingerprint density at radius 3 is 2.77 bits per heavy atom. The lowest BCUT2D eigenvalue weighted by Gasteiger charge is -2.07. The molecule has 22 heavy (non-hydrogen) atoms. The first kappa shape index (κ1) is 16.3. The van der Waals surface area contributed by atoms with Crippen molar-refractivity contribution in [2.75, 3.05) is 18.4 Å². The molecule has 0 bridgehead atoms. The Morgan fingerprint density at radius 1 is 1.23 bits per heavy atom. The zero-order valence-electron chi connectivity index (χ0n) is 12.6. The number of pyridine rings is 1. The van der Waals surface area contributed by atoms with Gasteiger partial charge in [0.1, 0.15) is 5.82 Å². The van der Waals surface area contributed by atoms with E-state index in [0.717, 1.165) is 30.2 Å². The lowest BCUT2D eigenvalue weighted by atomic mass is 10.1. The van der Waals surface area contributed by atoms with Gasteiger partial charge in [0.15, 0.2) is 0 Å². The molecule has 1 aromatic heterocycles. The monoisotopic (exact) mass is 317 g/mol. The number of anilines is 1. The van der Waals surface area contributed by atoms with Crippen molar-refractivity contribution in [1.29, 1.82) is 0 Å². The largest absolute Gasteiger partial charge is 0.370 e. The zero-order chi connectivity index (χ0) is 15.8. The maximum Gasteiger partial charge on any atom is 0.252 e. The molecule has 0 aliphatic carbocycles. The number of rotatable bonds is 7. The maximum atomic E-state index is 11.8. The second-order valence-corrected chi connectivity index (χ2v) is 5.43.